The number of hydrogen-bond donors (Lipinski definition) is 7. The van der Waals surface area contributed by atoms with Crippen molar-refractivity contribution in [3.63, 3.8) is 0 Å². The molecule has 0 aliphatic carbocycles. The van der Waals surface area contributed by atoms with E-state index in [1.165, 1.54) is 0 Å². The summed E-state index contributed by atoms with van der Waals surface area (Å²) in [4.78, 5) is 9.39. The Kier molecular flexibility index (Phi) is 16.5. The van der Waals surface area contributed by atoms with Crippen LogP contribution in [0.3, 0.4) is 0 Å². The highest BCUT2D eigenvalue weighted by Gasteiger charge is 2.47. The highest BCUT2D eigenvalue weighted by Crippen LogP contribution is 2.41. The van der Waals surface area contributed by atoms with Gasteiger partial charge in [-0.1, -0.05) is 6.92 Å². The van der Waals surface area contributed by atoms with Gasteiger partial charge in [0.1, 0.15) is 48.8 Å². The van der Waals surface area contributed by atoms with Crippen LogP contribution in [0.2, 0.25) is 0 Å². The Balaban J connectivity index is 1.79. The molecule has 0 aromatic rings. The second-order valence-corrected chi connectivity index (χ2v) is 12.0. The molecule has 2 heterocycles. The summed E-state index contributed by atoms with van der Waals surface area (Å²) in [7, 11) is -1.93. The zero-order valence-corrected chi connectivity index (χ0v) is 24.0. The first kappa shape index (κ1) is 35.9. The van der Waals surface area contributed by atoms with Crippen molar-refractivity contribution in [2.45, 2.75) is 100 Å². The van der Waals surface area contributed by atoms with Gasteiger partial charge in [-0.2, -0.15) is 0 Å². The molecule has 15 nitrogen and oxygen atoms in total. The summed E-state index contributed by atoms with van der Waals surface area (Å²) in [5.74, 6) is 0. The quantitative estimate of drug-likeness (QED) is 0.0654. The fourth-order valence-electron chi connectivity index (χ4n) is 4.10. The molecular formula is C24H47O15P. The summed E-state index contributed by atoms with van der Waals surface area (Å²) in [5, 5.41) is 61.8. The van der Waals surface area contributed by atoms with Crippen LogP contribution in [-0.4, -0.2) is 150 Å². The average Bonchev–Trinajstić information content (AvgIpc) is 2.94. The molecule has 7 N–H and O–H groups in total. The Bertz CT molecular complexity index is 732. The van der Waals surface area contributed by atoms with Gasteiger partial charge in [-0.3, -0.25) is 4.57 Å². The fraction of sp³-hybridized carbons (Fsp3) is 1.00. The van der Waals surface area contributed by atoms with E-state index in [-0.39, 0.29) is 32.6 Å². The van der Waals surface area contributed by atoms with Gasteiger partial charge in [-0.05, 0) is 32.1 Å². The van der Waals surface area contributed by atoms with Crippen LogP contribution >= 0.6 is 7.60 Å². The maximum atomic E-state index is 11.5. The molecule has 16 heteroatoms. The number of methoxy groups -OCH3 is 1. The minimum atomic E-state index is -3.54. The van der Waals surface area contributed by atoms with Gasteiger partial charge in [0.15, 0.2) is 12.6 Å². The molecular weight excluding hydrogens is 559 g/mol. The third-order valence-corrected chi connectivity index (χ3v) is 8.08. The number of unbranched alkanes of at least 4 members (excludes halogenated alkanes) is 3. The van der Waals surface area contributed by atoms with Crippen LogP contribution in [0.1, 0.15) is 39.0 Å². The van der Waals surface area contributed by atoms with Gasteiger partial charge in [-0.25, -0.2) is 0 Å². The maximum absolute atomic E-state index is 11.5. The third-order valence-electron chi connectivity index (χ3n) is 6.69. The van der Waals surface area contributed by atoms with Crippen molar-refractivity contribution in [2.24, 2.45) is 0 Å². The first-order valence-electron chi connectivity index (χ1n) is 13.7. The van der Waals surface area contributed by atoms with Gasteiger partial charge in [0.2, 0.25) is 0 Å². The van der Waals surface area contributed by atoms with Crippen LogP contribution < -0.4 is 0 Å². The summed E-state index contributed by atoms with van der Waals surface area (Å²) >= 11 is 0. The standard InChI is InChI=1S/C24H47O15P/c1-3-40(31,32)37-12-8-7-10-34-13-15-17(25)19(27)22(30)24(38-15)36-14-16-18(26)20(28)21(29)23(39-16)35-11-6-4-5-9-33-2/h15-30H,3-14H2,1-2H3,(H,31,32). The van der Waals surface area contributed by atoms with E-state index in [4.69, 9.17) is 32.9 Å². The van der Waals surface area contributed by atoms with Crippen molar-refractivity contribution in [2.75, 3.05) is 52.9 Å². The smallest absolute Gasteiger partial charge is 0.327 e. The Hall–Kier alpha value is -0.330. The molecule has 2 rings (SSSR count). The van der Waals surface area contributed by atoms with E-state index in [9.17, 15) is 40.1 Å². The van der Waals surface area contributed by atoms with Crippen LogP contribution in [-0.2, 0) is 37.5 Å². The zero-order valence-electron chi connectivity index (χ0n) is 23.1. The summed E-state index contributed by atoms with van der Waals surface area (Å²) in [6.07, 6.45) is -10.9. The van der Waals surface area contributed by atoms with Gasteiger partial charge in [-0.15, -0.1) is 0 Å². The lowest BCUT2D eigenvalue weighted by Gasteiger charge is -2.43. The average molecular weight is 607 g/mol. The van der Waals surface area contributed by atoms with E-state index in [1.807, 2.05) is 0 Å². The van der Waals surface area contributed by atoms with Crippen LogP contribution in [0.5, 0.6) is 0 Å². The molecule has 2 aliphatic rings. The largest absolute Gasteiger partial charge is 0.387 e. The van der Waals surface area contributed by atoms with Gasteiger partial charge in [0.25, 0.3) is 0 Å². The number of hydrogen-bond acceptors (Lipinski definition) is 14. The molecule has 11 atom stereocenters. The molecule has 0 radical (unpaired) electrons. The van der Waals surface area contributed by atoms with Crippen molar-refractivity contribution in [3.05, 3.63) is 0 Å². The predicted molar refractivity (Wildman–Crippen MR) is 137 cm³/mol. The molecule has 11 unspecified atom stereocenters. The molecule has 0 bridgehead atoms. The Morgan fingerprint density at radius 3 is 1.77 bits per heavy atom. The van der Waals surface area contributed by atoms with Crippen molar-refractivity contribution in [3.8, 4) is 0 Å². The summed E-state index contributed by atoms with van der Waals surface area (Å²) in [6.45, 7) is 2.18. The first-order valence-corrected chi connectivity index (χ1v) is 15.4. The van der Waals surface area contributed by atoms with Crippen LogP contribution in [0, 0.1) is 0 Å². The molecule has 2 saturated heterocycles. The molecule has 2 aliphatic heterocycles. The predicted octanol–water partition coefficient (Wildman–Crippen LogP) is -1.53. The van der Waals surface area contributed by atoms with Gasteiger partial charge < -0.3 is 68.5 Å². The lowest BCUT2D eigenvalue weighted by molar-refractivity contribution is -0.331. The monoisotopic (exact) mass is 606 g/mol. The van der Waals surface area contributed by atoms with Gasteiger partial charge >= 0.3 is 7.60 Å². The van der Waals surface area contributed by atoms with Crippen molar-refractivity contribution < 1.29 is 73.0 Å². The molecule has 238 valence electrons. The second-order valence-electron chi connectivity index (χ2n) is 9.86. The molecule has 0 amide bonds. The number of aliphatic hydroxyl groups excluding tert-OH is 6. The third kappa shape index (κ3) is 11.4. The molecule has 0 aromatic heterocycles. The van der Waals surface area contributed by atoms with Crippen LogP contribution in [0.4, 0.5) is 0 Å². The summed E-state index contributed by atoms with van der Waals surface area (Å²) in [6, 6.07) is 0. The molecule has 0 saturated carbocycles. The lowest BCUT2D eigenvalue weighted by Crippen LogP contribution is -2.61. The van der Waals surface area contributed by atoms with E-state index in [0.717, 1.165) is 12.8 Å². The SMILES string of the molecule is CCP(=O)(O)OCCCCOCC1OC(OCC2OC(OCCCCCOC)C(O)C(O)C2O)C(O)C(O)C1O. The van der Waals surface area contributed by atoms with Crippen LogP contribution in [0.25, 0.3) is 0 Å². The molecule has 0 aromatic carbocycles. The second kappa shape index (κ2) is 18.4. The zero-order chi connectivity index (χ0) is 29.7. The van der Waals surface area contributed by atoms with Gasteiger partial charge in [0.05, 0.1) is 19.8 Å². The summed E-state index contributed by atoms with van der Waals surface area (Å²) < 4.78 is 49.1. The molecule has 2 fully saturated rings. The first-order chi connectivity index (χ1) is 19.0. The van der Waals surface area contributed by atoms with Crippen molar-refractivity contribution in [1.82, 2.24) is 0 Å². The van der Waals surface area contributed by atoms with Crippen molar-refractivity contribution in [1.29, 1.82) is 0 Å². The number of ether oxygens (including phenoxy) is 6. The Morgan fingerprint density at radius 1 is 0.650 bits per heavy atom. The van der Waals surface area contributed by atoms with Gasteiger partial charge in [0, 0.05) is 33.1 Å². The normalized spacial score (nSPS) is 36.4. The van der Waals surface area contributed by atoms with E-state index in [2.05, 4.69) is 0 Å². The molecule has 40 heavy (non-hydrogen) atoms. The highest BCUT2D eigenvalue weighted by molar-refractivity contribution is 7.52. The Morgan fingerprint density at radius 2 is 1.18 bits per heavy atom. The van der Waals surface area contributed by atoms with Crippen LogP contribution in [0.15, 0.2) is 0 Å². The topological polar surface area (TPSA) is 223 Å². The number of rotatable bonds is 19. The molecule has 0 spiro atoms. The van der Waals surface area contributed by atoms with E-state index >= 15 is 0 Å². The van der Waals surface area contributed by atoms with E-state index in [1.54, 1.807) is 14.0 Å². The van der Waals surface area contributed by atoms with E-state index < -0.39 is 75.6 Å². The number of aliphatic hydroxyl groups is 6. The Labute approximate surface area is 234 Å². The summed E-state index contributed by atoms with van der Waals surface area (Å²) in [5.41, 5.74) is 0. The highest BCUT2D eigenvalue weighted by atomic mass is 31.2. The minimum absolute atomic E-state index is 0.0241. The minimum Gasteiger partial charge on any atom is -0.387 e. The lowest BCUT2D eigenvalue weighted by atomic mass is 9.98. The maximum Gasteiger partial charge on any atom is 0.327 e. The fourth-order valence-corrected chi connectivity index (χ4v) is 4.70. The van der Waals surface area contributed by atoms with Crippen molar-refractivity contribution >= 4 is 7.60 Å². The van der Waals surface area contributed by atoms with E-state index in [0.29, 0.717) is 25.9 Å².